The number of hydrogen-bond acceptors (Lipinski definition) is 4. The Hall–Kier alpha value is -1.13. The number of nitrogens with one attached hydrogen (secondary N) is 1. The van der Waals surface area contributed by atoms with E-state index in [1.54, 1.807) is 11.3 Å². The van der Waals surface area contributed by atoms with E-state index in [-0.39, 0.29) is 0 Å². The Morgan fingerprint density at radius 1 is 1.37 bits per heavy atom. The molecule has 3 rings (SSSR count). The van der Waals surface area contributed by atoms with E-state index in [0.29, 0.717) is 6.04 Å². The van der Waals surface area contributed by atoms with Crippen molar-refractivity contribution < 1.29 is 0 Å². The van der Waals surface area contributed by atoms with Gasteiger partial charge >= 0.3 is 0 Å². The molecule has 0 amide bonds. The van der Waals surface area contributed by atoms with Gasteiger partial charge < -0.3 is 5.32 Å². The molecule has 3 nitrogen and oxygen atoms in total. The summed E-state index contributed by atoms with van der Waals surface area (Å²) < 4.78 is 1.27. The highest BCUT2D eigenvalue weighted by atomic mass is 32.1. The summed E-state index contributed by atoms with van der Waals surface area (Å²) in [6.45, 7) is 7.90. The van der Waals surface area contributed by atoms with E-state index in [1.165, 1.54) is 36.2 Å². The maximum atomic E-state index is 4.66. The van der Waals surface area contributed by atoms with Gasteiger partial charge in [-0.25, -0.2) is 4.98 Å². The number of aromatic nitrogens is 1. The molecular weight excluding hydrogens is 254 g/mol. The van der Waals surface area contributed by atoms with Crippen molar-refractivity contribution >= 4 is 26.7 Å². The van der Waals surface area contributed by atoms with Crippen LogP contribution in [0.3, 0.4) is 0 Å². The SMILES string of the molecule is Cc1ccc2sc(NCC(C)N3CCCC3)nc2c1. The van der Waals surface area contributed by atoms with Gasteiger partial charge in [-0.1, -0.05) is 17.4 Å². The van der Waals surface area contributed by atoms with Crippen molar-refractivity contribution in [2.45, 2.75) is 32.7 Å². The first kappa shape index (κ1) is 12.9. The van der Waals surface area contributed by atoms with Crippen molar-refractivity contribution in [2.24, 2.45) is 0 Å². The Labute approximate surface area is 118 Å². The van der Waals surface area contributed by atoms with Gasteiger partial charge in [0, 0.05) is 12.6 Å². The molecule has 0 saturated carbocycles. The Kier molecular flexibility index (Phi) is 3.71. The minimum atomic E-state index is 0.594. The van der Waals surface area contributed by atoms with Gasteiger partial charge in [0.1, 0.15) is 0 Å². The standard InChI is InChI=1S/C15H21N3S/c1-11-5-6-14-13(9-11)17-15(19-14)16-10-12(2)18-7-3-4-8-18/h5-6,9,12H,3-4,7-8,10H2,1-2H3,(H,16,17). The summed E-state index contributed by atoms with van der Waals surface area (Å²) in [7, 11) is 0. The number of rotatable bonds is 4. The van der Waals surface area contributed by atoms with Gasteiger partial charge in [0.15, 0.2) is 5.13 Å². The molecule has 0 spiro atoms. The Morgan fingerprint density at radius 2 is 2.16 bits per heavy atom. The molecule has 1 saturated heterocycles. The van der Waals surface area contributed by atoms with Crippen LogP contribution in [0.25, 0.3) is 10.2 Å². The van der Waals surface area contributed by atoms with Crippen molar-refractivity contribution in [3.05, 3.63) is 23.8 Å². The molecule has 1 aromatic heterocycles. The molecule has 0 bridgehead atoms. The Balaban J connectivity index is 1.64. The fourth-order valence-corrected chi connectivity index (χ4v) is 3.51. The normalized spacial score (nSPS) is 18.0. The van der Waals surface area contributed by atoms with Crippen LogP contribution in [0.1, 0.15) is 25.3 Å². The first-order valence-corrected chi connectivity index (χ1v) is 7.89. The van der Waals surface area contributed by atoms with Crippen molar-refractivity contribution in [1.82, 2.24) is 9.88 Å². The minimum Gasteiger partial charge on any atom is -0.360 e. The number of benzene rings is 1. The van der Waals surface area contributed by atoms with Gasteiger partial charge in [-0.2, -0.15) is 0 Å². The molecule has 1 atom stereocenters. The molecular formula is C15H21N3S. The molecule has 1 N–H and O–H groups in total. The summed E-state index contributed by atoms with van der Waals surface area (Å²) in [6, 6.07) is 7.06. The lowest BCUT2D eigenvalue weighted by atomic mass is 10.2. The molecule has 2 heterocycles. The molecule has 1 fully saturated rings. The zero-order valence-electron chi connectivity index (χ0n) is 11.6. The van der Waals surface area contributed by atoms with E-state index in [2.05, 4.69) is 47.2 Å². The van der Waals surface area contributed by atoms with Crippen LogP contribution in [0.2, 0.25) is 0 Å². The molecule has 19 heavy (non-hydrogen) atoms. The third-order valence-electron chi connectivity index (χ3n) is 3.86. The molecule has 1 aliphatic heterocycles. The molecule has 1 aromatic carbocycles. The zero-order valence-corrected chi connectivity index (χ0v) is 12.5. The maximum absolute atomic E-state index is 4.66. The lowest BCUT2D eigenvalue weighted by Crippen LogP contribution is -2.35. The second-order valence-electron chi connectivity index (χ2n) is 5.46. The summed E-state index contributed by atoms with van der Waals surface area (Å²) in [5, 5.41) is 4.54. The zero-order chi connectivity index (χ0) is 13.2. The van der Waals surface area contributed by atoms with Gasteiger partial charge in [0.05, 0.1) is 10.2 Å². The number of nitrogens with zero attached hydrogens (tertiary/aromatic N) is 2. The van der Waals surface area contributed by atoms with Crippen molar-refractivity contribution in [1.29, 1.82) is 0 Å². The fraction of sp³-hybridized carbons (Fsp3) is 0.533. The highest BCUT2D eigenvalue weighted by Gasteiger charge is 2.17. The largest absolute Gasteiger partial charge is 0.360 e. The summed E-state index contributed by atoms with van der Waals surface area (Å²) in [5.74, 6) is 0. The number of likely N-dealkylation sites (tertiary alicyclic amines) is 1. The van der Waals surface area contributed by atoms with E-state index >= 15 is 0 Å². The highest BCUT2D eigenvalue weighted by molar-refractivity contribution is 7.22. The average Bonchev–Trinajstić information content (AvgIpc) is 3.04. The lowest BCUT2D eigenvalue weighted by Gasteiger charge is -2.23. The van der Waals surface area contributed by atoms with E-state index in [1.807, 2.05) is 0 Å². The average molecular weight is 275 g/mol. The summed E-state index contributed by atoms with van der Waals surface area (Å²) in [4.78, 5) is 7.22. The smallest absolute Gasteiger partial charge is 0.183 e. The van der Waals surface area contributed by atoms with Crippen LogP contribution < -0.4 is 5.32 Å². The lowest BCUT2D eigenvalue weighted by molar-refractivity contribution is 0.269. The number of hydrogen-bond donors (Lipinski definition) is 1. The van der Waals surface area contributed by atoms with Crippen LogP contribution in [-0.4, -0.2) is 35.6 Å². The quantitative estimate of drug-likeness (QED) is 0.925. The van der Waals surface area contributed by atoms with Crippen LogP contribution in [0, 0.1) is 6.92 Å². The number of thiazole rings is 1. The Bertz CT molecular complexity index is 558. The van der Waals surface area contributed by atoms with Gasteiger partial charge in [0.25, 0.3) is 0 Å². The van der Waals surface area contributed by atoms with Crippen molar-refractivity contribution in [3.8, 4) is 0 Å². The first-order valence-electron chi connectivity index (χ1n) is 7.07. The topological polar surface area (TPSA) is 28.2 Å². The van der Waals surface area contributed by atoms with E-state index < -0.39 is 0 Å². The Morgan fingerprint density at radius 3 is 2.95 bits per heavy atom. The first-order chi connectivity index (χ1) is 9.22. The summed E-state index contributed by atoms with van der Waals surface area (Å²) in [6.07, 6.45) is 2.70. The van der Waals surface area contributed by atoms with E-state index in [0.717, 1.165) is 17.2 Å². The minimum absolute atomic E-state index is 0.594. The maximum Gasteiger partial charge on any atom is 0.183 e. The van der Waals surface area contributed by atoms with E-state index in [4.69, 9.17) is 0 Å². The molecule has 0 aliphatic carbocycles. The number of aryl methyl sites for hydroxylation is 1. The highest BCUT2D eigenvalue weighted by Crippen LogP contribution is 2.26. The van der Waals surface area contributed by atoms with E-state index in [9.17, 15) is 0 Å². The molecule has 1 unspecified atom stereocenters. The second kappa shape index (κ2) is 5.47. The predicted octanol–water partition coefficient (Wildman–Crippen LogP) is 3.50. The molecule has 4 heteroatoms. The molecule has 0 radical (unpaired) electrons. The molecule has 102 valence electrons. The van der Waals surface area contributed by atoms with Crippen LogP contribution >= 0.6 is 11.3 Å². The summed E-state index contributed by atoms with van der Waals surface area (Å²) in [5.41, 5.74) is 2.39. The third kappa shape index (κ3) is 2.90. The molecule has 1 aliphatic rings. The van der Waals surface area contributed by atoms with Crippen LogP contribution in [0.4, 0.5) is 5.13 Å². The number of fused-ring (bicyclic) bond motifs is 1. The van der Waals surface area contributed by atoms with Gasteiger partial charge in [0.2, 0.25) is 0 Å². The summed E-state index contributed by atoms with van der Waals surface area (Å²) >= 11 is 1.75. The third-order valence-corrected chi connectivity index (χ3v) is 4.85. The number of anilines is 1. The fourth-order valence-electron chi connectivity index (χ4n) is 2.66. The van der Waals surface area contributed by atoms with Crippen LogP contribution in [0.5, 0.6) is 0 Å². The van der Waals surface area contributed by atoms with Crippen molar-refractivity contribution in [2.75, 3.05) is 25.0 Å². The van der Waals surface area contributed by atoms with Crippen LogP contribution in [0.15, 0.2) is 18.2 Å². The van der Waals surface area contributed by atoms with Crippen LogP contribution in [-0.2, 0) is 0 Å². The second-order valence-corrected chi connectivity index (χ2v) is 6.49. The monoisotopic (exact) mass is 275 g/mol. The predicted molar refractivity (Wildman–Crippen MR) is 83.1 cm³/mol. The van der Waals surface area contributed by atoms with Gasteiger partial charge in [-0.05, 0) is 57.5 Å². The molecule has 2 aromatic rings. The van der Waals surface area contributed by atoms with Gasteiger partial charge in [-0.3, -0.25) is 4.90 Å². The van der Waals surface area contributed by atoms with Gasteiger partial charge in [-0.15, -0.1) is 0 Å². The van der Waals surface area contributed by atoms with Crippen molar-refractivity contribution in [3.63, 3.8) is 0 Å².